The monoisotopic (exact) mass is 236 g/mol. The molecule has 0 fully saturated rings. The summed E-state index contributed by atoms with van der Waals surface area (Å²) < 4.78 is 5.01. The number of hydrogen-bond donors (Lipinski definition) is 0. The van der Waals surface area contributed by atoms with Crippen LogP contribution < -0.4 is 0 Å². The first-order valence-corrected chi connectivity index (χ1v) is 6.23. The largest absolute Gasteiger partial charge is 0.385 e. The molecule has 16 heavy (non-hydrogen) atoms. The lowest BCUT2D eigenvalue weighted by atomic mass is 10.0. The number of methoxy groups -OCH3 is 1. The van der Waals surface area contributed by atoms with E-state index in [1.807, 2.05) is 0 Å². The third kappa shape index (κ3) is 4.86. The van der Waals surface area contributed by atoms with Crippen molar-refractivity contribution in [2.24, 2.45) is 0 Å². The average Bonchev–Trinajstić information content (AvgIpc) is 2.29. The topological polar surface area (TPSA) is 9.23 Å². The fourth-order valence-electron chi connectivity index (χ4n) is 1.59. The molecule has 0 aliphatic rings. The molecule has 0 spiro atoms. The first kappa shape index (κ1) is 13.3. The number of ether oxygens (including phenoxy) is 1. The van der Waals surface area contributed by atoms with Crippen LogP contribution in [0.3, 0.4) is 0 Å². The maximum Gasteiger partial charge on any atom is 0.0462 e. The van der Waals surface area contributed by atoms with Gasteiger partial charge in [0.2, 0.25) is 0 Å². The lowest BCUT2D eigenvalue weighted by molar-refractivity contribution is 0.192. The van der Waals surface area contributed by atoms with Crippen molar-refractivity contribution >= 4 is 17.1 Å². The van der Waals surface area contributed by atoms with Crippen LogP contribution in [-0.2, 0) is 4.74 Å². The molecule has 0 unspecified atom stereocenters. The molecule has 0 radical (unpaired) electrons. The Balaban J connectivity index is 2.27. The standard InChI is InChI=1S/C14H20OS/c1-12-7-9-13(10-8-12)14(16)6-4-3-5-11-15-2/h7-10H,3-6,11H2,1-2H3. The highest BCUT2D eigenvalue weighted by atomic mass is 32.1. The van der Waals surface area contributed by atoms with Crippen molar-refractivity contribution in [1.29, 1.82) is 0 Å². The Morgan fingerprint density at radius 3 is 2.44 bits per heavy atom. The van der Waals surface area contributed by atoms with Gasteiger partial charge in [0, 0.05) is 18.6 Å². The molecule has 1 rings (SSSR count). The molecular formula is C14H20OS. The zero-order valence-electron chi connectivity index (χ0n) is 10.2. The Labute approximate surface area is 104 Å². The predicted octanol–water partition coefficient (Wildman–Crippen LogP) is 3.92. The SMILES string of the molecule is COCCCCCC(=S)c1ccc(C)cc1. The average molecular weight is 236 g/mol. The maximum atomic E-state index is 5.41. The minimum Gasteiger partial charge on any atom is -0.385 e. The molecule has 0 bridgehead atoms. The molecule has 1 nitrogen and oxygen atoms in total. The molecule has 1 aromatic carbocycles. The molecule has 1 aromatic rings. The van der Waals surface area contributed by atoms with Crippen LogP contribution in [0.2, 0.25) is 0 Å². The minimum absolute atomic E-state index is 0.858. The number of rotatable bonds is 7. The Morgan fingerprint density at radius 1 is 1.12 bits per heavy atom. The van der Waals surface area contributed by atoms with Gasteiger partial charge in [-0.3, -0.25) is 0 Å². The number of unbranched alkanes of at least 4 members (excludes halogenated alkanes) is 2. The summed E-state index contributed by atoms with van der Waals surface area (Å²) in [6.07, 6.45) is 4.50. The van der Waals surface area contributed by atoms with E-state index in [2.05, 4.69) is 31.2 Å². The lowest BCUT2D eigenvalue weighted by Gasteiger charge is -2.04. The number of thiocarbonyl (C=S) groups is 1. The number of benzene rings is 1. The first-order chi connectivity index (χ1) is 7.74. The molecule has 0 saturated carbocycles. The van der Waals surface area contributed by atoms with Gasteiger partial charge >= 0.3 is 0 Å². The minimum atomic E-state index is 0.858. The van der Waals surface area contributed by atoms with Gasteiger partial charge in [-0.15, -0.1) is 0 Å². The van der Waals surface area contributed by atoms with Crippen LogP contribution in [0, 0.1) is 6.92 Å². The Kier molecular flexibility index (Phi) is 6.27. The summed E-state index contributed by atoms with van der Waals surface area (Å²) >= 11 is 5.41. The van der Waals surface area contributed by atoms with Crippen LogP contribution in [0.5, 0.6) is 0 Å². The molecule has 0 aliphatic heterocycles. The van der Waals surface area contributed by atoms with Gasteiger partial charge in [0.1, 0.15) is 0 Å². The van der Waals surface area contributed by atoms with Crippen LogP contribution in [0.25, 0.3) is 0 Å². The Hall–Kier alpha value is -0.730. The smallest absolute Gasteiger partial charge is 0.0462 e. The van der Waals surface area contributed by atoms with Crippen molar-refractivity contribution in [1.82, 2.24) is 0 Å². The zero-order chi connectivity index (χ0) is 11.8. The van der Waals surface area contributed by atoms with Gasteiger partial charge in [0.25, 0.3) is 0 Å². The van der Waals surface area contributed by atoms with Crippen LogP contribution in [0.1, 0.15) is 36.8 Å². The predicted molar refractivity (Wildman–Crippen MR) is 73.2 cm³/mol. The van der Waals surface area contributed by atoms with Crippen LogP contribution in [0.15, 0.2) is 24.3 Å². The normalized spacial score (nSPS) is 10.4. The van der Waals surface area contributed by atoms with Gasteiger partial charge in [-0.1, -0.05) is 48.5 Å². The van der Waals surface area contributed by atoms with E-state index in [4.69, 9.17) is 17.0 Å². The van der Waals surface area contributed by atoms with Gasteiger partial charge in [-0.2, -0.15) is 0 Å². The quantitative estimate of drug-likeness (QED) is 0.403. The van der Waals surface area contributed by atoms with E-state index in [9.17, 15) is 0 Å². The molecule has 0 heterocycles. The van der Waals surface area contributed by atoms with Crippen LogP contribution >= 0.6 is 12.2 Å². The second-order valence-corrected chi connectivity index (χ2v) is 4.59. The summed E-state index contributed by atoms with van der Waals surface area (Å²) in [6, 6.07) is 8.47. The molecule has 0 saturated heterocycles. The van der Waals surface area contributed by atoms with Crippen LogP contribution in [0.4, 0.5) is 0 Å². The van der Waals surface area contributed by atoms with Gasteiger partial charge in [-0.25, -0.2) is 0 Å². The van der Waals surface area contributed by atoms with Crippen molar-refractivity contribution in [3.63, 3.8) is 0 Å². The van der Waals surface area contributed by atoms with Gasteiger partial charge in [0.05, 0.1) is 0 Å². The number of hydrogen-bond acceptors (Lipinski definition) is 2. The van der Waals surface area contributed by atoms with E-state index in [-0.39, 0.29) is 0 Å². The summed E-state index contributed by atoms with van der Waals surface area (Å²) in [6.45, 7) is 2.95. The maximum absolute atomic E-state index is 5.41. The lowest BCUT2D eigenvalue weighted by Crippen LogP contribution is -1.98. The third-order valence-corrected chi connectivity index (χ3v) is 3.07. The van der Waals surface area contributed by atoms with Crippen molar-refractivity contribution in [3.05, 3.63) is 35.4 Å². The Bertz CT molecular complexity index is 316. The fourth-order valence-corrected chi connectivity index (χ4v) is 1.87. The molecule has 0 N–H and O–H groups in total. The van der Waals surface area contributed by atoms with Crippen LogP contribution in [-0.4, -0.2) is 18.6 Å². The molecular weight excluding hydrogens is 216 g/mol. The van der Waals surface area contributed by atoms with E-state index in [0.29, 0.717) is 0 Å². The second-order valence-electron chi connectivity index (χ2n) is 4.09. The van der Waals surface area contributed by atoms with Crippen molar-refractivity contribution in [2.75, 3.05) is 13.7 Å². The molecule has 0 atom stereocenters. The van der Waals surface area contributed by atoms with Gasteiger partial charge in [-0.05, 0) is 31.7 Å². The summed E-state index contributed by atoms with van der Waals surface area (Å²) in [5, 5.41) is 0. The van der Waals surface area contributed by atoms with E-state index in [1.54, 1.807) is 7.11 Å². The van der Waals surface area contributed by atoms with Crippen molar-refractivity contribution in [3.8, 4) is 0 Å². The van der Waals surface area contributed by atoms with E-state index in [1.165, 1.54) is 17.5 Å². The molecule has 0 amide bonds. The summed E-state index contributed by atoms with van der Waals surface area (Å²) in [7, 11) is 1.75. The molecule has 88 valence electrons. The van der Waals surface area contributed by atoms with Crippen molar-refractivity contribution in [2.45, 2.75) is 32.6 Å². The van der Waals surface area contributed by atoms with E-state index in [0.717, 1.165) is 30.7 Å². The van der Waals surface area contributed by atoms with E-state index < -0.39 is 0 Å². The molecule has 0 aliphatic carbocycles. The summed E-state index contributed by atoms with van der Waals surface area (Å²) in [5.74, 6) is 0. The highest BCUT2D eigenvalue weighted by Gasteiger charge is 2.00. The summed E-state index contributed by atoms with van der Waals surface area (Å²) in [5.41, 5.74) is 2.49. The summed E-state index contributed by atoms with van der Waals surface area (Å²) in [4.78, 5) is 1.08. The molecule has 2 heteroatoms. The highest BCUT2D eigenvalue weighted by Crippen LogP contribution is 2.10. The second kappa shape index (κ2) is 7.53. The fraction of sp³-hybridized carbons (Fsp3) is 0.500. The van der Waals surface area contributed by atoms with Crippen molar-refractivity contribution < 1.29 is 4.74 Å². The van der Waals surface area contributed by atoms with Gasteiger partial charge < -0.3 is 4.74 Å². The van der Waals surface area contributed by atoms with Gasteiger partial charge in [0.15, 0.2) is 0 Å². The Morgan fingerprint density at radius 2 is 1.81 bits per heavy atom. The zero-order valence-corrected chi connectivity index (χ0v) is 11.0. The molecule has 0 aromatic heterocycles. The highest BCUT2D eigenvalue weighted by molar-refractivity contribution is 7.80. The van der Waals surface area contributed by atoms with E-state index >= 15 is 0 Å². The third-order valence-electron chi connectivity index (χ3n) is 2.63. The first-order valence-electron chi connectivity index (χ1n) is 5.83. The number of aryl methyl sites for hydroxylation is 1.